The van der Waals surface area contributed by atoms with Gasteiger partial charge < -0.3 is 59.8 Å². The van der Waals surface area contributed by atoms with Crippen molar-refractivity contribution in [2.24, 2.45) is 35.3 Å². The molecule has 0 aromatic heterocycles. The predicted molar refractivity (Wildman–Crippen MR) is 270 cm³/mol. The van der Waals surface area contributed by atoms with E-state index in [1.54, 1.807) is 28.1 Å². The van der Waals surface area contributed by atoms with Crippen LogP contribution in [0.3, 0.4) is 0 Å². The first-order valence-electron chi connectivity index (χ1n) is 26.1. The molecule has 0 spiro atoms. The number of carbonyl (C=O) groups excluding carboxylic acids is 3. The minimum Gasteiger partial charge on any atom is -0.479 e. The normalized spacial score (nSPS) is 38.6. The number of Topliss-reactive ketones (excluding diaryl/α,β-unsaturated/α-hetero) is 1. The zero-order valence-corrected chi connectivity index (χ0v) is 44.5. The highest BCUT2D eigenvalue weighted by Crippen LogP contribution is 2.37. The summed E-state index contributed by atoms with van der Waals surface area (Å²) in [6.45, 7) is 12.7. The zero-order chi connectivity index (χ0) is 53.3. The van der Waals surface area contributed by atoms with Crippen LogP contribution in [0.25, 0.3) is 0 Å². The molecule has 18 heteroatoms. The number of allylic oxidation sites excluding steroid dienone is 5. The van der Waals surface area contributed by atoms with Gasteiger partial charge in [-0.15, -0.1) is 0 Å². The molecular weight excluding hydrogens is 931 g/mol. The number of hydrogen-bond donors (Lipinski definition) is 5. The molecule has 0 unspecified atom stereocenters. The van der Waals surface area contributed by atoms with Crippen LogP contribution in [0.1, 0.15) is 126 Å². The summed E-state index contributed by atoms with van der Waals surface area (Å²) in [6.07, 6.45) is 11.3. The monoisotopic (exact) mass is 1020 g/mol. The van der Waals surface area contributed by atoms with E-state index >= 15 is 0 Å². The molecule has 2 bridgehead atoms. The van der Waals surface area contributed by atoms with Crippen LogP contribution >= 0.6 is 0 Å². The van der Waals surface area contributed by atoms with Crippen LogP contribution in [-0.2, 0) is 57.4 Å². The van der Waals surface area contributed by atoms with Crippen molar-refractivity contribution in [2.75, 3.05) is 41.1 Å². The maximum absolute atomic E-state index is 14.7. The third kappa shape index (κ3) is 16.9. The molecule has 2 saturated heterocycles. The minimum atomic E-state index is -2.44. The van der Waals surface area contributed by atoms with Gasteiger partial charge in [-0.2, -0.15) is 0 Å². The molecule has 0 aromatic carbocycles. The van der Waals surface area contributed by atoms with Crippen molar-refractivity contribution in [3.63, 3.8) is 0 Å². The summed E-state index contributed by atoms with van der Waals surface area (Å²) in [4.78, 5) is 67.1. The third-order valence-electron chi connectivity index (χ3n) is 15.2. The summed E-state index contributed by atoms with van der Waals surface area (Å²) in [7, 11) is 4.60. The van der Waals surface area contributed by atoms with Crippen molar-refractivity contribution in [3.8, 4) is 0 Å². The van der Waals surface area contributed by atoms with Gasteiger partial charge in [0.05, 0.1) is 30.5 Å². The molecule has 408 valence electrons. The highest BCUT2D eigenvalue weighted by molar-refractivity contribution is 6.39. The van der Waals surface area contributed by atoms with Gasteiger partial charge in [-0.3, -0.25) is 9.59 Å². The highest BCUT2D eigenvalue weighted by Gasteiger charge is 2.53. The number of piperidine rings is 1. The lowest BCUT2D eigenvalue weighted by molar-refractivity contribution is -0.322. The average Bonchev–Trinajstić information content (AvgIpc) is 3.35. The van der Waals surface area contributed by atoms with Crippen molar-refractivity contribution >= 4 is 29.3 Å². The molecule has 4 aliphatic rings. The summed E-state index contributed by atoms with van der Waals surface area (Å²) >= 11 is 0. The summed E-state index contributed by atoms with van der Waals surface area (Å²) in [5.41, 5.74) is 8.74. The van der Waals surface area contributed by atoms with Gasteiger partial charge in [-0.1, -0.05) is 64.2 Å². The lowest BCUT2D eigenvalue weighted by atomic mass is 9.80. The molecule has 18 nitrogen and oxygen atoms in total. The molecule has 0 radical (unpaired) electrons. The van der Waals surface area contributed by atoms with Crippen molar-refractivity contribution in [1.82, 2.24) is 4.90 Å². The lowest BCUT2D eigenvalue weighted by Crippen LogP contribution is -2.61. The Balaban J connectivity index is 1.80. The summed E-state index contributed by atoms with van der Waals surface area (Å²) < 4.78 is 36.4. The van der Waals surface area contributed by atoms with E-state index in [9.17, 15) is 39.9 Å². The molecule has 3 heterocycles. The number of nitrogens with two attached hydrogens (primary N) is 1. The quantitative estimate of drug-likeness (QED) is 0.0480. The Kier molecular flexibility index (Phi) is 24.9. The van der Waals surface area contributed by atoms with E-state index < -0.39 is 103 Å². The molecule has 4 rings (SSSR count). The first kappa shape index (κ1) is 60.9. The lowest BCUT2D eigenvalue weighted by Gasteiger charge is -2.43. The van der Waals surface area contributed by atoms with E-state index in [4.69, 9.17) is 43.9 Å². The number of aliphatic carboxylic acids is 1. The summed E-state index contributed by atoms with van der Waals surface area (Å²) in [5, 5.41) is 41.4. The highest BCUT2D eigenvalue weighted by atomic mass is 17.2. The van der Waals surface area contributed by atoms with Gasteiger partial charge in [0.25, 0.3) is 11.7 Å². The number of rotatable bonds is 12. The smallest absolute Gasteiger partial charge is 0.333 e. The summed E-state index contributed by atoms with van der Waals surface area (Å²) in [5.74, 6) is -7.96. The van der Waals surface area contributed by atoms with Crippen molar-refractivity contribution in [2.45, 2.75) is 192 Å². The molecule has 1 saturated carbocycles. The topological polar surface area (TPSA) is 256 Å². The van der Waals surface area contributed by atoms with Gasteiger partial charge in [-0.25, -0.2) is 19.4 Å². The van der Waals surface area contributed by atoms with Crippen molar-refractivity contribution in [1.29, 1.82) is 5.41 Å². The maximum atomic E-state index is 14.7. The first-order valence-corrected chi connectivity index (χ1v) is 26.1. The van der Waals surface area contributed by atoms with Crippen LogP contribution < -0.4 is 5.73 Å². The molecule has 1 aliphatic carbocycles. The molecular formula is C54H87N3O15. The van der Waals surface area contributed by atoms with Gasteiger partial charge in [0.1, 0.15) is 24.4 Å². The van der Waals surface area contributed by atoms with Crippen LogP contribution in [0, 0.1) is 35.0 Å². The Bertz CT molecular complexity index is 1910. The number of hydrogen-bond acceptors (Lipinski definition) is 16. The maximum Gasteiger partial charge on any atom is 0.333 e. The summed E-state index contributed by atoms with van der Waals surface area (Å²) in [6, 6.07) is -1.89. The van der Waals surface area contributed by atoms with Crippen molar-refractivity contribution in [3.05, 3.63) is 47.6 Å². The van der Waals surface area contributed by atoms with Crippen LogP contribution in [0.2, 0.25) is 0 Å². The largest absolute Gasteiger partial charge is 0.479 e. The fraction of sp³-hybridized carbons (Fsp3) is 0.759. The standard InChI is InChI=1S/C54H87N3O15/c1-11-68-44-30-45(40(55)27-38-21-23-42(58)46(28-38)66-9)70-53(63)41-19-15-16-24-57(41)52(62)51(61)54(64)37(7)20-22-39(71-54)29-43(65-8)33(3)18-14-12-13-17-32(2)25-35(5)48(56)50(67-10)49(36(6)26-34(44)4)72-69-31-47(59)60/h12-14,17-18,26,32,34-35,37-46,49-50,56,58,64H,11,15-16,19-25,27-31,55H2,1-10H3,(H,59,60)/b14-12+,17-13+,33-18+,36-26+,56-48?/t32-,34-,35-,37-,38+,39+,40-,41+,42-,43+,44-,45+,46-,49-,50+,54-/m1/s1. The van der Waals surface area contributed by atoms with Gasteiger partial charge in [0.15, 0.2) is 6.61 Å². The van der Waals surface area contributed by atoms with E-state index in [2.05, 4.69) is 0 Å². The number of ketones is 1. The Morgan fingerprint density at radius 1 is 0.903 bits per heavy atom. The number of carbonyl (C=O) groups is 4. The second kappa shape index (κ2) is 29.4. The van der Waals surface area contributed by atoms with Crippen LogP contribution in [0.4, 0.5) is 0 Å². The van der Waals surface area contributed by atoms with E-state index in [0.717, 1.165) is 5.57 Å². The fourth-order valence-corrected chi connectivity index (χ4v) is 10.8. The van der Waals surface area contributed by atoms with Gasteiger partial charge in [0, 0.05) is 70.9 Å². The average molecular weight is 1020 g/mol. The van der Waals surface area contributed by atoms with Crippen molar-refractivity contribution < 1.29 is 72.7 Å². The number of methoxy groups -OCH3 is 3. The Morgan fingerprint density at radius 2 is 1.64 bits per heavy atom. The Hall–Kier alpha value is -3.69. The number of nitrogens with one attached hydrogen (secondary N) is 1. The number of nitrogens with zero attached hydrogens (tertiary/aromatic N) is 1. The number of ether oxygens (including phenoxy) is 6. The molecule has 3 fully saturated rings. The number of aliphatic hydroxyl groups is 2. The van der Waals surface area contributed by atoms with Crippen LogP contribution in [-0.4, -0.2) is 157 Å². The second-order valence-electron chi connectivity index (χ2n) is 20.7. The second-order valence-corrected chi connectivity index (χ2v) is 20.7. The molecule has 1 amide bonds. The van der Waals surface area contributed by atoms with Gasteiger partial charge in [-0.05, 0) is 114 Å². The molecule has 16 atom stereocenters. The molecule has 6 N–H and O–H groups in total. The van der Waals surface area contributed by atoms with Gasteiger partial charge >= 0.3 is 11.9 Å². The number of fused-ring (bicyclic) bond motifs is 3. The minimum absolute atomic E-state index is 0.0292. The fourth-order valence-electron chi connectivity index (χ4n) is 10.8. The first-order chi connectivity index (χ1) is 34.2. The third-order valence-corrected chi connectivity index (χ3v) is 15.2. The number of esters is 1. The van der Waals surface area contributed by atoms with E-state index in [1.165, 1.54) is 12.0 Å². The van der Waals surface area contributed by atoms with E-state index in [1.807, 2.05) is 71.1 Å². The number of carboxylic acid groups (broad SMARTS) is 1. The molecule has 3 aliphatic heterocycles. The van der Waals surface area contributed by atoms with Crippen LogP contribution in [0.5, 0.6) is 0 Å². The van der Waals surface area contributed by atoms with E-state index in [0.29, 0.717) is 69.8 Å². The number of aliphatic hydroxyl groups excluding tert-OH is 1. The van der Waals surface area contributed by atoms with Crippen LogP contribution in [0.15, 0.2) is 47.6 Å². The number of cyclic esters (lactones) is 1. The predicted octanol–water partition coefficient (Wildman–Crippen LogP) is 6.20. The Morgan fingerprint density at radius 3 is 2.31 bits per heavy atom. The molecule has 0 aromatic rings. The SMILES string of the molecule is CCO[C@@H]1C[C@@H]([C@H](N)C[C@@H]2CC[C@@H](O)[C@H](OC)C2)OC(=O)[C@@H]2CCCCN2C(=O)C(=O)[C@]2(O)O[C@@H](CC[C@H]2C)C[C@H](OC)/C(C)=C/C=C/C=C/[C@@H](C)C[C@@H](C)C(=N)[C@H](OC)[C@H](OOCC(=O)O)/C(C)=C/[C@H]1C. The van der Waals surface area contributed by atoms with E-state index in [-0.39, 0.29) is 55.6 Å². The number of carboxylic acids is 1. The Labute approximate surface area is 427 Å². The molecule has 72 heavy (non-hydrogen) atoms. The zero-order valence-electron chi connectivity index (χ0n) is 44.5. The number of amides is 1. The van der Waals surface area contributed by atoms with Gasteiger partial charge in [0.2, 0.25) is 5.79 Å².